The van der Waals surface area contributed by atoms with E-state index in [1.807, 2.05) is 30.3 Å². The number of halogens is 2. The molecule has 8 nitrogen and oxygen atoms in total. The van der Waals surface area contributed by atoms with Crippen LogP contribution in [0.2, 0.25) is 0 Å². The highest BCUT2D eigenvalue weighted by molar-refractivity contribution is 5.89. The van der Waals surface area contributed by atoms with Crippen molar-refractivity contribution < 1.29 is 27.9 Å². The summed E-state index contributed by atoms with van der Waals surface area (Å²) in [6.07, 6.45) is -0.636. The molecule has 0 radical (unpaired) electrons. The molecule has 2 aromatic rings. The van der Waals surface area contributed by atoms with Gasteiger partial charge in [0.1, 0.15) is 11.6 Å². The molecule has 0 spiro atoms. The fourth-order valence-corrected chi connectivity index (χ4v) is 3.10. The number of hydrogen-bond donors (Lipinski definition) is 4. The summed E-state index contributed by atoms with van der Waals surface area (Å²) in [6.45, 7) is 5.46. The molecule has 10 heteroatoms. The molecule has 2 atom stereocenters. The quantitative estimate of drug-likeness (QED) is 0.408. The fourth-order valence-electron chi connectivity index (χ4n) is 3.10. The van der Waals surface area contributed by atoms with Crippen molar-refractivity contribution in [2.75, 3.05) is 6.54 Å². The molecule has 190 valence electrons. The molecule has 0 aromatic heterocycles. The van der Waals surface area contributed by atoms with Gasteiger partial charge >= 0.3 is 6.09 Å². The first kappa shape index (κ1) is 27.7. The molecule has 0 saturated carbocycles. The Morgan fingerprint density at radius 3 is 2.26 bits per heavy atom. The molecule has 0 fully saturated rings. The Bertz CT molecular complexity index is 1010. The van der Waals surface area contributed by atoms with Crippen molar-refractivity contribution in [3.05, 3.63) is 71.3 Å². The second-order valence-electron chi connectivity index (χ2n) is 9.04. The van der Waals surface area contributed by atoms with Crippen LogP contribution in [-0.4, -0.2) is 42.1 Å². The van der Waals surface area contributed by atoms with E-state index in [4.69, 9.17) is 10.5 Å². The average Bonchev–Trinajstić information content (AvgIpc) is 2.78. The number of carbonyl (C=O) groups is 3. The van der Waals surface area contributed by atoms with E-state index in [0.717, 1.165) is 17.7 Å². The SMILES string of the molecule is CC(C)(C)OC(=O)NCC[C@H](NC(=O)[C@@H](N)Cc1ccc(F)c(F)c1)C(=O)NCc1ccccc1. The first-order valence-electron chi connectivity index (χ1n) is 11.2. The third kappa shape index (κ3) is 10.1. The van der Waals surface area contributed by atoms with Crippen LogP contribution in [0.1, 0.15) is 38.3 Å². The van der Waals surface area contributed by atoms with Crippen LogP contribution in [0, 0.1) is 11.6 Å². The minimum atomic E-state index is -1.11. The van der Waals surface area contributed by atoms with E-state index in [1.54, 1.807) is 20.8 Å². The zero-order chi connectivity index (χ0) is 26.0. The molecule has 0 aliphatic carbocycles. The summed E-state index contributed by atoms with van der Waals surface area (Å²) in [5.41, 5.74) is 6.47. The lowest BCUT2D eigenvalue weighted by atomic mass is 10.0. The lowest BCUT2D eigenvalue weighted by molar-refractivity contribution is -0.129. The zero-order valence-corrected chi connectivity index (χ0v) is 20.1. The van der Waals surface area contributed by atoms with E-state index in [9.17, 15) is 23.2 Å². The lowest BCUT2D eigenvalue weighted by Crippen LogP contribution is -2.53. The molecule has 5 N–H and O–H groups in total. The van der Waals surface area contributed by atoms with Crippen molar-refractivity contribution >= 4 is 17.9 Å². The number of amides is 3. The maximum Gasteiger partial charge on any atom is 0.407 e. The van der Waals surface area contributed by atoms with E-state index in [2.05, 4.69) is 16.0 Å². The molecule has 0 heterocycles. The highest BCUT2D eigenvalue weighted by atomic mass is 19.2. The van der Waals surface area contributed by atoms with Gasteiger partial charge in [-0.1, -0.05) is 36.4 Å². The van der Waals surface area contributed by atoms with Crippen molar-refractivity contribution in [1.82, 2.24) is 16.0 Å². The zero-order valence-electron chi connectivity index (χ0n) is 20.1. The lowest BCUT2D eigenvalue weighted by Gasteiger charge is -2.22. The molecule has 2 aromatic carbocycles. The maximum atomic E-state index is 13.5. The van der Waals surface area contributed by atoms with Crippen molar-refractivity contribution in [2.24, 2.45) is 5.73 Å². The molecule has 0 bridgehead atoms. The Morgan fingerprint density at radius 2 is 1.63 bits per heavy atom. The molecule has 0 unspecified atom stereocenters. The van der Waals surface area contributed by atoms with E-state index in [0.29, 0.717) is 5.56 Å². The first-order chi connectivity index (χ1) is 16.4. The third-order valence-electron chi connectivity index (χ3n) is 4.82. The van der Waals surface area contributed by atoms with Gasteiger partial charge < -0.3 is 26.4 Å². The Labute approximate surface area is 203 Å². The largest absolute Gasteiger partial charge is 0.444 e. The van der Waals surface area contributed by atoms with Crippen LogP contribution in [-0.2, 0) is 27.3 Å². The van der Waals surface area contributed by atoms with Crippen LogP contribution in [0.4, 0.5) is 13.6 Å². The number of benzene rings is 2. The smallest absolute Gasteiger partial charge is 0.407 e. The summed E-state index contributed by atoms with van der Waals surface area (Å²) in [5, 5.41) is 7.89. The number of alkyl carbamates (subject to hydrolysis) is 1. The standard InChI is InChI=1S/C25H32F2N4O4/c1-25(2,3)35-24(34)29-12-11-21(23(33)30-15-16-7-5-4-6-8-16)31-22(32)20(28)14-17-9-10-18(26)19(27)13-17/h4-10,13,20-21H,11-12,14-15,28H2,1-3H3,(H,29,34)(H,30,33)(H,31,32)/t20-,21-/m0/s1. The van der Waals surface area contributed by atoms with Gasteiger partial charge in [-0.2, -0.15) is 0 Å². The monoisotopic (exact) mass is 490 g/mol. The second kappa shape index (κ2) is 12.8. The average molecular weight is 491 g/mol. The van der Waals surface area contributed by atoms with Gasteiger partial charge in [0.25, 0.3) is 0 Å². The second-order valence-corrected chi connectivity index (χ2v) is 9.04. The number of nitrogens with one attached hydrogen (secondary N) is 3. The van der Waals surface area contributed by atoms with Gasteiger partial charge in [-0.15, -0.1) is 0 Å². The number of hydrogen-bond acceptors (Lipinski definition) is 5. The van der Waals surface area contributed by atoms with Crippen LogP contribution < -0.4 is 21.7 Å². The van der Waals surface area contributed by atoms with Gasteiger partial charge in [0.05, 0.1) is 6.04 Å². The number of nitrogens with two attached hydrogens (primary N) is 1. The Balaban J connectivity index is 2.00. The Kier molecular flexibility index (Phi) is 10.1. The molecule has 0 saturated heterocycles. The topological polar surface area (TPSA) is 123 Å². The molecule has 0 aliphatic rings. The van der Waals surface area contributed by atoms with Gasteiger partial charge in [0.15, 0.2) is 11.6 Å². The third-order valence-corrected chi connectivity index (χ3v) is 4.82. The normalized spacial score (nSPS) is 12.9. The van der Waals surface area contributed by atoms with E-state index in [1.165, 1.54) is 6.07 Å². The first-order valence-corrected chi connectivity index (χ1v) is 11.2. The predicted octanol–water partition coefficient (Wildman–Crippen LogP) is 2.55. The number of carbonyl (C=O) groups excluding carboxylic acids is 3. The summed E-state index contributed by atoms with van der Waals surface area (Å²) in [6, 6.07) is 10.4. The van der Waals surface area contributed by atoms with E-state index < -0.39 is 47.2 Å². The van der Waals surface area contributed by atoms with Gasteiger partial charge in [0, 0.05) is 13.1 Å². The van der Waals surface area contributed by atoms with E-state index >= 15 is 0 Å². The molecular formula is C25H32F2N4O4. The van der Waals surface area contributed by atoms with Crippen LogP contribution in [0.25, 0.3) is 0 Å². The van der Waals surface area contributed by atoms with Crippen molar-refractivity contribution in [3.63, 3.8) is 0 Å². The van der Waals surface area contributed by atoms with Crippen LogP contribution in [0.15, 0.2) is 48.5 Å². The van der Waals surface area contributed by atoms with Crippen LogP contribution in [0.5, 0.6) is 0 Å². The minimum absolute atomic E-state index is 0.0526. The van der Waals surface area contributed by atoms with Crippen molar-refractivity contribution in [3.8, 4) is 0 Å². The Morgan fingerprint density at radius 1 is 0.943 bits per heavy atom. The minimum Gasteiger partial charge on any atom is -0.444 e. The van der Waals surface area contributed by atoms with Gasteiger partial charge in [-0.25, -0.2) is 13.6 Å². The Hall–Kier alpha value is -3.53. The molecule has 35 heavy (non-hydrogen) atoms. The van der Waals surface area contributed by atoms with Gasteiger partial charge in [-0.05, 0) is 56.9 Å². The molecule has 0 aliphatic heterocycles. The van der Waals surface area contributed by atoms with E-state index in [-0.39, 0.29) is 25.9 Å². The summed E-state index contributed by atoms with van der Waals surface area (Å²) in [7, 11) is 0. The summed E-state index contributed by atoms with van der Waals surface area (Å²) >= 11 is 0. The summed E-state index contributed by atoms with van der Waals surface area (Å²) < 4.78 is 31.8. The van der Waals surface area contributed by atoms with Crippen molar-refractivity contribution in [2.45, 2.75) is 57.8 Å². The molecular weight excluding hydrogens is 458 g/mol. The number of ether oxygens (including phenoxy) is 1. The molecule has 3 amide bonds. The van der Waals surface area contributed by atoms with Crippen LogP contribution >= 0.6 is 0 Å². The summed E-state index contributed by atoms with van der Waals surface area (Å²) in [5.74, 6) is -3.15. The summed E-state index contributed by atoms with van der Waals surface area (Å²) in [4.78, 5) is 37.4. The van der Waals surface area contributed by atoms with Gasteiger partial charge in [0.2, 0.25) is 11.8 Å². The molecule has 2 rings (SSSR count). The fraction of sp³-hybridized carbons (Fsp3) is 0.400. The van der Waals surface area contributed by atoms with Crippen molar-refractivity contribution in [1.29, 1.82) is 0 Å². The van der Waals surface area contributed by atoms with Crippen LogP contribution in [0.3, 0.4) is 0 Å². The predicted molar refractivity (Wildman–Crippen MR) is 127 cm³/mol. The highest BCUT2D eigenvalue weighted by Gasteiger charge is 2.25. The van der Waals surface area contributed by atoms with Gasteiger partial charge in [-0.3, -0.25) is 9.59 Å². The number of rotatable bonds is 10. The highest BCUT2D eigenvalue weighted by Crippen LogP contribution is 2.11. The maximum absolute atomic E-state index is 13.5.